The van der Waals surface area contributed by atoms with Gasteiger partial charge in [-0.05, 0) is 57.0 Å². The van der Waals surface area contributed by atoms with Crippen LogP contribution in [-0.2, 0) is 0 Å². The molecule has 4 heterocycles. The standard InChI is InChI=1S/C32H37FN8.C2H6/c1-5-8-27(41-15-13-40(4)14-16-41)30-21(3)36-32(37-30)31-28-26(38-39-31)12-11-25(29(28)33)23-17-24(19-34-18-23)35-20(2)22-9-6-7-10-22;1-2/h5,8,11-12,17-19,22,35H,1-2,6-7,9-10,13-16H2,3-4H3,(H,36,37)(H,38,39);1-2H3/b27-8+;. The topological polar surface area (TPSA) is 88.8 Å². The zero-order valence-corrected chi connectivity index (χ0v) is 25.8. The molecule has 0 spiro atoms. The first-order valence-corrected chi connectivity index (χ1v) is 15.3. The number of aromatic nitrogens is 5. The van der Waals surface area contributed by atoms with Crippen molar-refractivity contribution in [1.29, 1.82) is 0 Å². The number of allylic oxidation sites excluding steroid dienone is 3. The lowest BCUT2D eigenvalue weighted by Crippen LogP contribution is -2.43. The molecule has 3 N–H and O–H groups in total. The van der Waals surface area contributed by atoms with Gasteiger partial charge in [0.1, 0.15) is 17.2 Å². The number of halogens is 1. The van der Waals surface area contributed by atoms with Gasteiger partial charge in [0.25, 0.3) is 0 Å². The average molecular weight is 583 g/mol. The Morgan fingerprint density at radius 2 is 1.86 bits per heavy atom. The molecule has 0 amide bonds. The van der Waals surface area contributed by atoms with Gasteiger partial charge in [0.2, 0.25) is 0 Å². The maximum Gasteiger partial charge on any atom is 0.159 e. The highest BCUT2D eigenvalue weighted by molar-refractivity contribution is 5.95. The van der Waals surface area contributed by atoms with Gasteiger partial charge in [-0.2, -0.15) is 5.10 Å². The Morgan fingerprint density at radius 3 is 2.58 bits per heavy atom. The second-order valence-electron chi connectivity index (χ2n) is 11.2. The molecule has 2 aliphatic rings. The summed E-state index contributed by atoms with van der Waals surface area (Å²) >= 11 is 0. The number of H-pyrrole nitrogens is 2. The van der Waals surface area contributed by atoms with Crippen molar-refractivity contribution in [2.24, 2.45) is 5.92 Å². The van der Waals surface area contributed by atoms with E-state index in [1.54, 1.807) is 24.5 Å². The fourth-order valence-electron chi connectivity index (χ4n) is 6.00. The highest BCUT2D eigenvalue weighted by Crippen LogP contribution is 2.36. The smallest absolute Gasteiger partial charge is 0.159 e. The van der Waals surface area contributed by atoms with Crippen LogP contribution in [-0.4, -0.2) is 68.2 Å². The number of pyridine rings is 1. The van der Waals surface area contributed by atoms with Gasteiger partial charge in [0.15, 0.2) is 5.82 Å². The van der Waals surface area contributed by atoms with Crippen molar-refractivity contribution in [3.05, 3.63) is 78.8 Å². The molecule has 1 aromatic carbocycles. The third-order valence-corrected chi connectivity index (χ3v) is 8.34. The normalized spacial score (nSPS) is 16.3. The molecule has 0 radical (unpaired) electrons. The second-order valence-corrected chi connectivity index (χ2v) is 11.2. The largest absolute Gasteiger partial charge is 0.367 e. The van der Waals surface area contributed by atoms with E-state index >= 15 is 4.39 Å². The molecule has 43 heavy (non-hydrogen) atoms. The molecular weight excluding hydrogens is 539 g/mol. The predicted octanol–water partition coefficient (Wildman–Crippen LogP) is 7.38. The summed E-state index contributed by atoms with van der Waals surface area (Å²) < 4.78 is 16.3. The number of rotatable bonds is 8. The average Bonchev–Trinajstić information content (AvgIpc) is 3.79. The number of benzene rings is 1. The first kappa shape index (κ1) is 30.2. The van der Waals surface area contributed by atoms with Crippen LogP contribution >= 0.6 is 0 Å². The number of likely N-dealkylation sites (N-methyl/N-ethyl adjacent to an activating group) is 1. The summed E-state index contributed by atoms with van der Waals surface area (Å²) in [5.74, 6) is 0.626. The van der Waals surface area contributed by atoms with Crippen LogP contribution in [0, 0.1) is 18.7 Å². The summed E-state index contributed by atoms with van der Waals surface area (Å²) in [4.78, 5) is 17.3. The van der Waals surface area contributed by atoms with E-state index < -0.39 is 0 Å². The number of imidazole rings is 1. The van der Waals surface area contributed by atoms with E-state index in [4.69, 9.17) is 4.98 Å². The number of aromatic amines is 2. The molecule has 0 unspecified atom stereocenters. The molecule has 8 nitrogen and oxygen atoms in total. The molecular formula is C34H43FN8. The summed E-state index contributed by atoms with van der Waals surface area (Å²) in [5.41, 5.74) is 6.72. The lowest BCUT2D eigenvalue weighted by molar-refractivity contribution is 0.207. The minimum Gasteiger partial charge on any atom is -0.367 e. The quantitative estimate of drug-likeness (QED) is 0.188. The van der Waals surface area contributed by atoms with E-state index in [9.17, 15) is 0 Å². The van der Waals surface area contributed by atoms with Crippen molar-refractivity contribution in [2.75, 3.05) is 38.5 Å². The number of nitrogens with zero attached hydrogens (tertiary/aromatic N) is 5. The van der Waals surface area contributed by atoms with Crippen molar-refractivity contribution in [2.45, 2.75) is 46.5 Å². The van der Waals surface area contributed by atoms with Crippen LogP contribution in [0.25, 0.3) is 39.2 Å². The number of hydrogen-bond acceptors (Lipinski definition) is 6. The van der Waals surface area contributed by atoms with E-state index in [2.05, 4.69) is 55.5 Å². The Kier molecular flexibility index (Phi) is 9.40. The molecule has 1 aliphatic carbocycles. The van der Waals surface area contributed by atoms with Crippen LogP contribution in [0.2, 0.25) is 0 Å². The minimum atomic E-state index is -0.364. The van der Waals surface area contributed by atoms with Crippen LogP contribution in [0.3, 0.4) is 0 Å². The van der Waals surface area contributed by atoms with Crippen LogP contribution in [0.4, 0.5) is 10.1 Å². The highest BCUT2D eigenvalue weighted by Gasteiger charge is 2.24. The Balaban J connectivity index is 0.00000180. The maximum atomic E-state index is 16.3. The van der Waals surface area contributed by atoms with Gasteiger partial charge in [-0.3, -0.25) is 10.1 Å². The molecule has 2 fully saturated rings. The number of anilines is 1. The number of fused-ring (bicyclic) bond motifs is 1. The monoisotopic (exact) mass is 582 g/mol. The molecule has 9 heteroatoms. The molecule has 1 aliphatic heterocycles. The van der Waals surface area contributed by atoms with Gasteiger partial charge in [-0.1, -0.05) is 45.9 Å². The summed E-state index contributed by atoms with van der Waals surface area (Å²) in [6, 6.07) is 5.55. The third-order valence-electron chi connectivity index (χ3n) is 8.34. The summed E-state index contributed by atoms with van der Waals surface area (Å²) in [6.45, 7) is 17.9. The van der Waals surface area contributed by atoms with Crippen LogP contribution in [0.5, 0.6) is 0 Å². The van der Waals surface area contributed by atoms with E-state index in [0.717, 1.165) is 67.5 Å². The van der Waals surface area contributed by atoms with Gasteiger partial charge in [0, 0.05) is 54.9 Å². The lowest BCUT2D eigenvalue weighted by atomic mass is 10.0. The zero-order chi connectivity index (χ0) is 30.5. The van der Waals surface area contributed by atoms with E-state index in [1.807, 2.05) is 39.0 Å². The van der Waals surface area contributed by atoms with Crippen LogP contribution in [0.15, 0.2) is 61.6 Å². The Hall–Kier alpha value is -4.24. The minimum absolute atomic E-state index is 0.364. The van der Waals surface area contributed by atoms with Gasteiger partial charge < -0.3 is 20.1 Å². The molecule has 6 rings (SSSR count). The summed E-state index contributed by atoms with van der Waals surface area (Å²) in [5, 5.41) is 11.3. The molecule has 226 valence electrons. The predicted molar refractivity (Wildman–Crippen MR) is 175 cm³/mol. The summed E-state index contributed by atoms with van der Waals surface area (Å²) in [7, 11) is 2.13. The first-order chi connectivity index (χ1) is 20.9. The van der Waals surface area contributed by atoms with E-state index in [0.29, 0.717) is 39.5 Å². The molecule has 3 aromatic heterocycles. The van der Waals surface area contributed by atoms with Crippen molar-refractivity contribution in [3.63, 3.8) is 0 Å². The molecule has 1 saturated heterocycles. The van der Waals surface area contributed by atoms with Crippen molar-refractivity contribution >= 4 is 22.3 Å². The van der Waals surface area contributed by atoms with E-state index in [1.165, 1.54) is 12.8 Å². The highest BCUT2D eigenvalue weighted by atomic mass is 19.1. The van der Waals surface area contributed by atoms with Gasteiger partial charge in [-0.25, -0.2) is 9.37 Å². The Bertz CT molecular complexity index is 1620. The Morgan fingerprint density at radius 1 is 1.12 bits per heavy atom. The lowest BCUT2D eigenvalue weighted by Gasteiger charge is -2.35. The van der Waals surface area contributed by atoms with Crippen LogP contribution < -0.4 is 5.32 Å². The van der Waals surface area contributed by atoms with E-state index in [-0.39, 0.29) is 5.82 Å². The SMILES string of the molecule is C=C/C=C(\c1nc(-c2n[nH]c3ccc(-c4cncc(NC(=C)C5CCCC5)c4)c(F)c23)[nH]c1C)N1CCN(C)CC1.CC. The van der Waals surface area contributed by atoms with Crippen molar-refractivity contribution < 1.29 is 4.39 Å². The van der Waals surface area contributed by atoms with Gasteiger partial charge in [0.05, 0.1) is 28.5 Å². The summed E-state index contributed by atoms with van der Waals surface area (Å²) in [6.07, 6.45) is 12.0. The van der Waals surface area contributed by atoms with Crippen molar-refractivity contribution in [1.82, 2.24) is 34.9 Å². The van der Waals surface area contributed by atoms with Gasteiger partial charge in [-0.15, -0.1) is 0 Å². The number of hydrogen-bond donors (Lipinski definition) is 3. The fourth-order valence-corrected chi connectivity index (χ4v) is 6.00. The molecule has 4 aromatic rings. The second kappa shape index (κ2) is 13.4. The van der Waals surface area contributed by atoms with Crippen molar-refractivity contribution in [3.8, 4) is 22.6 Å². The number of aryl methyl sites for hydroxylation is 1. The first-order valence-electron chi connectivity index (χ1n) is 15.3. The molecule has 0 atom stereocenters. The fraction of sp³-hybridized carbons (Fsp3) is 0.382. The van der Waals surface area contributed by atoms with Crippen LogP contribution in [0.1, 0.15) is 50.9 Å². The Labute approximate surface area is 253 Å². The maximum absolute atomic E-state index is 16.3. The number of piperazine rings is 1. The van der Waals surface area contributed by atoms with Gasteiger partial charge >= 0.3 is 0 Å². The molecule has 0 bridgehead atoms. The zero-order valence-electron chi connectivity index (χ0n) is 25.8. The number of nitrogens with one attached hydrogen (secondary N) is 3. The third kappa shape index (κ3) is 6.27. The molecule has 1 saturated carbocycles.